The van der Waals surface area contributed by atoms with Crippen molar-refractivity contribution in [1.29, 1.82) is 0 Å². The SMILES string of the molecule is CCCCCCCCCCCCCCCCC[N+](C(C)C(=O)O)(C(C)C(=O)O)C(C)C(=O)O. The first-order valence-electron chi connectivity index (χ1n) is 13.2. The van der Waals surface area contributed by atoms with Gasteiger partial charge in [-0.25, -0.2) is 14.4 Å². The van der Waals surface area contributed by atoms with E-state index in [0.717, 1.165) is 19.3 Å². The van der Waals surface area contributed by atoms with Gasteiger partial charge in [0.1, 0.15) is 0 Å². The van der Waals surface area contributed by atoms with E-state index in [1.165, 1.54) is 91.4 Å². The average Bonchev–Trinajstić information content (AvgIpc) is 2.77. The molecule has 0 fully saturated rings. The van der Waals surface area contributed by atoms with Gasteiger partial charge in [0.2, 0.25) is 0 Å². The fraction of sp³-hybridized carbons (Fsp3) is 0.885. The van der Waals surface area contributed by atoms with E-state index in [1.807, 2.05) is 0 Å². The van der Waals surface area contributed by atoms with Gasteiger partial charge in [0.05, 0.1) is 6.54 Å². The van der Waals surface area contributed by atoms with Crippen molar-refractivity contribution in [3.8, 4) is 0 Å². The molecule has 0 saturated heterocycles. The molecule has 194 valence electrons. The smallest absolute Gasteiger partial charge is 0.362 e. The zero-order valence-corrected chi connectivity index (χ0v) is 21.6. The lowest BCUT2D eigenvalue weighted by Gasteiger charge is -2.47. The molecule has 0 aromatic carbocycles. The van der Waals surface area contributed by atoms with E-state index < -0.39 is 40.5 Å². The molecule has 0 saturated carbocycles. The molecule has 0 bridgehead atoms. The van der Waals surface area contributed by atoms with E-state index in [0.29, 0.717) is 6.42 Å². The zero-order chi connectivity index (χ0) is 25.3. The molecule has 0 aromatic heterocycles. The van der Waals surface area contributed by atoms with E-state index in [1.54, 1.807) is 0 Å². The fourth-order valence-electron chi connectivity index (χ4n) is 4.96. The third-order valence-electron chi connectivity index (χ3n) is 7.38. The van der Waals surface area contributed by atoms with Gasteiger partial charge in [-0.05, 0) is 33.6 Å². The summed E-state index contributed by atoms with van der Waals surface area (Å²) in [6.45, 7) is 6.74. The molecule has 0 heterocycles. The van der Waals surface area contributed by atoms with Gasteiger partial charge in [-0.2, -0.15) is 0 Å². The molecule has 33 heavy (non-hydrogen) atoms. The van der Waals surface area contributed by atoms with Crippen LogP contribution in [0.25, 0.3) is 0 Å². The Kier molecular flexibility index (Phi) is 16.9. The van der Waals surface area contributed by atoms with Gasteiger partial charge >= 0.3 is 17.9 Å². The second-order valence-corrected chi connectivity index (χ2v) is 9.71. The lowest BCUT2D eigenvalue weighted by Crippen LogP contribution is -2.70. The number of quaternary nitrogens is 1. The highest BCUT2D eigenvalue weighted by atomic mass is 16.4. The number of rotatable bonds is 22. The zero-order valence-electron chi connectivity index (χ0n) is 21.6. The molecular formula is C26H50NO6+. The Balaban J connectivity index is 4.36. The van der Waals surface area contributed by atoms with Crippen LogP contribution in [0.4, 0.5) is 0 Å². The first-order chi connectivity index (χ1) is 15.6. The molecule has 7 heteroatoms. The number of aliphatic carboxylic acids is 3. The summed E-state index contributed by atoms with van der Waals surface area (Å²) >= 11 is 0. The average molecular weight is 473 g/mol. The summed E-state index contributed by atoms with van der Waals surface area (Å²) < 4.78 is -0.474. The van der Waals surface area contributed by atoms with Gasteiger partial charge in [-0.1, -0.05) is 90.4 Å². The molecule has 0 aliphatic heterocycles. The largest absolute Gasteiger partial charge is 0.477 e. The highest BCUT2D eigenvalue weighted by molar-refractivity contribution is 5.77. The number of hydrogen-bond donors (Lipinski definition) is 3. The standard InChI is InChI=1S/C26H49NO6/c1-5-6-7-8-9-10-11-12-13-14-15-16-17-18-19-20-27(21(2)24(28)29,22(3)25(30)31)23(4)26(32)33/h21-23H,5-20H2,1-4H3,(H2-,28,29,30,31,32,33)/p+1. The van der Waals surface area contributed by atoms with Crippen LogP contribution in [0.5, 0.6) is 0 Å². The molecule has 0 radical (unpaired) electrons. The van der Waals surface area contributed by atoms with Crippen LogP contribution >= 0.6 is 0 Å². The minimum absolute atomic E-state index is 0.229. The molecule has 0 spiro atoms. The summed E-state index contributed by atoms with van der Waals surface area (Å²) in [4.78, 5) is 35.3. The highest BCUT2D eigenvalue weighted by Crippen LogP contribution is 2.27. The molecule has 3 atom stereocenters. The Morgan fingerprint density at radius 3 is 1.00 bits per heavy atom. The molecule has 0 aliphatic carbocycles. The molecular weight excluding hydrogens is 422 g/mol. The van der Waals surface area contributed by atoms with Crippen molar-refractivity contribution in [2.75, 3.05) is 6.54 Å². The van der Waals surface area contributed by atoms with Crippen LogP contribution in [0, 0.1) is 0 Å². The maximum absolute atomic E-state index is 11.8. The number of carboxylic acid groups (broad SMARTS) is 3. The highest BCUT2D eigenvalue weighted by Gasteiger charge is 2.52. The predicted octanol–water partition coefficient (Wildman–Crippen LogP) is 6.09. The van der Waals surface area contributed by atoms with Crippen molar-refractivity contribution < 1.29 is 34.2 Å². The minimum Gasteiger partial charge on any atom is -0.477 e. The third kappa shape index (κ3) is 11.4. The van der Waals surface area contributed by atoms with E-state index in [-0.39, 0.29) is 6.54 Å². The maximum Gasteiger partial charge on any atom is 0.362 e. The monoisotopic (exact) mass is 472 g/mol. The quantitative estimate of drug-likeness (QED) is 0.130. The molecule has 0 rings (SSSR count). The van der Waals surface area contributed by atoms with Gasteiger partial charge in [-0.3, -0.25) is 4.48 Å². The molecule has 3 N–H and O–H groups in total. The summed E-state index contributed by atoms with van der Waals surface area (Å²) in [6, 6.07) is -3.35. The summed E-state index contributed by atoms with van der Waals surface area (Å²) in [6.07, 6.45) is 18.0. The number of carbonyl (C=O) groups is 3. The second kappa shape index (κ2) is 17.8. The third-order valence-corrected chi connectivity index (χ3v) is 7.38. The second-order valence-electron chi connectivity index (χ2n) is 9.71. The Labute approximate surface area is 201 Å². The first-order valence-corrected chi connectivity index (χ1v) is 13.2. The summed E-state index contributed by atoms with van der Waals surface area (Å²) in [5, 5.41) is 28.8. The van der Waals surface area contributed by atoms with Crippen LogP contribution in [0.1, 0.15) is 124 Å². The van der Waals surface area contributed by atoms with E-state index >= 15 is 0 Å². The first kappa shape index (κ1) is 31.4. The predicted molar refractivity (Wildman–Crippen MR) is 131 cm³/mol. The van der Waals surface area contributed by atoms with Crippen LogP contribution < -0.4 is 0 Å². The van der Waals surface area contributed by atoms with E-state index in [9.17, 15) is 29.7 Å². The maximum atomic E-state index is 11.8. The summed E-state index contributed by atoms with van der Waals surface area (Å²) in [5.41, 5.74) is 0. The van der Waals surface area contributed by atoms with Crippen LogP contribution in [0.15, 0.2) is 0 Å². The lowest BCUT2D eigenvalue weighted by molar-refractivity contribution is -0.968. The Morgan fingerprint density at radius 2 is 0.758 bits per heavy atom. The van der Waals surface area contributed by atoms with Gasteiger partial charge in [0.25, 0.3) is 0 Å². The van der Waals surface area contributed by atoms with Crippen LogP contribution in [0.2, 0.25) is 0 Å². The van der Waals surface area contributed by atoms with Crippen molar-refractivity contribution in [3.05, 3.63) is 0 Å². The van der Waals surface area contributed by atoms with Crippen LogP contribution in [0.3, 0.4) is 0 Å². The molecule has 3 unspecified atom stereocenters. The number of nitrogens with zero attached hydrogens (tertiary/aromatic N) is 1. The Bertz CT molecular complexity index is 515. The summed E-state index contributed by atoms with van der Waals surface area (Å²) in [5.74, 6) is -3.51. The van der Waals surface area contributed by atoms with Gasteiger partial charge in [-0.15, -0.1) is 0 Å². The number of hydrogen-bond acceptors (Lipinski definition) is 3. The van der Waals surface area contributed by atoms with Crippen molar-refractivity contribution in [2.45, 2.75) is 142 Å². The van der Waals surface area contributed by atoms with Crippen molar-refractivity contribution in [3.63, 3.8) is 0 Å². The molecule has 7 nitrogen and oxygen atoms in total. The van der Waals surface area contributed by atoms with Crippen molar-refractivity contribution in [2.24, 2.45) is 0 Å². The van der Waals surface area contributed by atoms with Crippen molar-refractivity contribution in [1.82, 2.24) is 0 Å². The van der Waals surface area contributed by atoms with Crippen LogP contribution in [-0.2, 0) is 14.4 Å². The Morgan fingerprint density at radius 1 is 0.515 bits per heavy atom. The number of unbranched alkanes of at least 4 members (excludes halogenated alkanes) is 14. The van der Waals surface area contributed by atoms with E-state index in [4.69, 9.17) is 0 Å². The molecule has 0 aromatic rings. The van der Waals surface area contributed by atoms with Gasteiger partial charge in [0.15, 0.2) is 18.1 Å². The molecule has 0 amide bonds. The van der Waals surface area contributed by atoms with Crippen molar-refractivity contribution >= 4 is 17.9 Å². The Hall–Kier alpha value is -1.63. The fourth-order valence-corrected chi connectivity index (χ4v) is 4.96. The summed E-state index contributed by atoms with van der Waals surface area (Å²) in [7, 11) is 0. The lowest BCUT2D eigenvalue weighted by atomic mass is 9.99. The van der Waals surface area contributed by atoms with Gasteiger partial charge < -0.3 is 15.3 Å². The number of carboxylic acids is 3. The van der Waals surface area contributed by atoms with E-state index in [2.05, 4.69) is 6.92 Å². The van der Waals surface area contributed by atoms with Crippen LogP contribution in [-0.4, -0.2) is 62.4 Å². The molecule has 0 aliphatic rings. The topological polar surface area (TPSA) is 112 Å². The van der Waals surface area contributed by atoms with Gasteiger partial charge in [0, 0.05) is 0 Å². The normalized spacial score (nSPS) is 16.0. The minimum atomic E-state index is -1.17.